The lowest BCUT2D eigenvalue weighted by atomic mass is 9.82. The summed E-state index contributed by atoms with van der Waals surface area (Å²) in [7, 11) is 1.95. The average molecular weight is 630 g/mol. The van der Waals surface area contributed by atoms with E-state index in [4.69, 9.17) is 37.7 Å². The molecule has 232 valence electrons. The number of carboxylic acids is 1. The van der Waals surface area contributed by atoms with E-state index in [1.807, 2.05) is 64.2 Å². The van der Waals surface area contributed by atoms with Crippen LogP contribution in [0.4, 0.5) is 11.5 Å². The van der Waals surface area contributed by atoms with Gasteiger partial charge in [-0.25, -0.2) is 9.78 Å². The number of hydrogen-bond acceptors (Lipinski definition) is 7. The Hall–Kier alpha value is -3.07. The van der Waals surface area contributed by atoms with Crippen LogP contribution in [0.5, 0.6) is 5.75 Å². The van der Waals surface area contributed by atoms with Crippen molar-refractivity contribution in [3.8, 4) is 16.9 Å². The fourth-order valence-corrected chi connectivity index (χ4v) is 5.63. The van der Waals surface area contributed by atoms with E-state index in [1.165, 1.54) is 0 Å². The number of halogens is 2. The van der Waals surface area contributed by atoms with Crippen LogP contribution in [0.1, 0.15) is 64.8 Å². The lowest BCUT2D eigenvalue weighted by Crippen LogP contribution is -2.39. The van der Waals surface area contributed by atoms with Gasteiger partial charge < -0.3 is 24.4 Å². The molecule has 10 heteroatoms. The quantitative estimate of drug-likeness (QED) is 0.243. The van der Waals surface area contributed by atoms with E-state index < -0.39 is 17.7 Å². The minimum absolute atomic E-state index is 0.226. The van der Waals surface area contributed by atoms with Crippen molar-refractivity contribution in [1.29, 1.82) is 0 Å². The molecule has 0 aliphatic carbocycles. The summed E-state index contributed by atoms with van der Waals surface area (Å²) in [6, 6.07) is 9.10. The van der Waals surface area contributed by atoms with Crippen molar-refractivity contribution in [3.05, 3.63) is 64.0 Å². The van der Waals surface area contributed by atoms with Gasteiger partial charge in [-0.2, -0.15) is 0 Å². The second kappa shape index (κ2) is 13.3. The van der Waals surface area contributed by atoms with Crippen molar-refractivity contribution in [2.45, 2.75) is 66.1 Å². The van der Waals surface area contributed by atoms with E-state index in [1.54, 1.807) is 18.2 Å². The number of hydrogen-bond donors (Lipinski definition) is 1. The summed E-state index contributed by atoms with van der Waals surface area (Å²) in [6.45, 7) is 14.6. The smallest absolute Gasteiger partial charge is 0.337 e. The van der Waals surface area contributed by atoms with Crippen molar-refractivity contribution in [2.75, 3.05) is 43.1 Å². The standard InChI is InChI=1S/C33H42Cl2N4O4/c1-21-28(30(31(40)41)43-32(2,3)4)29(39-14-12-33(5,6)13-15-39)24(20-36-21)22-8-11-27(37-19-22)38(7)16-17-42-26-10-9-23(34)18-25(26)35/h8-11,18-20,30H,12-17H2,1-7H3,(H,40,41). The third kappa shape index (κ3) is 8.31. The Kier molecular flexibility index (Phi) is 10.1. The number of benzene rings is 1. The number of aliphatic carboxylic acids is 1. The molecule has 8 nitrogen and oxygen atoms in total. The molecule has 1 fully saturated rings. The lowest BCUT2D eigenvalue weighted by molar-refractivity contribution is -0.160. The molecule has 0 amide bonds. The average Bonchev–Trinajstić information content (AvgIpc) is 2.92. The highest BCUT2D eigenvalue weighted by atomic mass is 35.5. The van der Waals surface area contributed by atoms with Crippen molar-refractivity contribution >= 4 is 40.7 Å². The number of ether oxygens (including phenoxy) is 2. The zero-order valence-corrected chi connectivity index (χ0v) is 27.6. The number of likely N-dealkylation sites (N-methyl/N-ethyl adjacent to an activating group) is 1. The van der Waals surface area contributed by atoms with E-state index in [0.29, 0.717) is 40.2 Å². The van der Waals surface area contributed by atoms with E-state index >= 15 is 0 Å². The van der Waals surface area contributed by atoms with Gasteiger partial charge in [0.2, 0.25) is 0 Å². The first-order valence-electron chi connectivity index (χ1n) is 14.6. The molecule has 43 heavy (non-hydrogen) atoms. The molecule has 1 aromatic carbocycles. The molecule has 2 aromatic heterocycles. The maximum atomic E-state index is 12.6. The topological polar surface area (TPSA) is 88.0 Å². The van der Waals surface area contributed by atoms with Gasteiger partial charge in [-0.1, -0.05) is 37.0 Å². The van der Waals surface area contributed by atoms with E-state index in [9.17, 15) is 9.90 Å². The number of piperidine rings is 1. The number of carbonyl (C=O) groups is 1. The first kappa shape index (κ1) is 32.8. The second-order valence-electron chi connectivity index (χ2n) is 12.9. The molecular formula is C33H42Cl2N4O4. The molecule has 1 aliphatic heterocycles. The first-order chi connectivity index (χ1) is 20.1. The maximum absolute atomic E-state index is 12.6. The summed E-state index contributed by atoms with van der Waals surface area (Å²) in [5.74, 6) is 0.317. The Bertz CT molecular complexity index is 1430. The van der Waals surface area contributed by atoms with Crippen LogP contribution in [0.2, 0.25) is 10.0 Å². The van der Waals surface area contributed by atoms with Crippen molar-refractivity contribution in [2.24, 2.45) is 5.41 Å². The van der Waals surface area contributed by atoms with Crippen molar-refractivity contribution < 1.29 is 19.4 Å². The zero-order valence-electron chi connectivity index (χ0n) is 26.1. The molecule has 1 unspecified atom stereocenters. The van der Waals surface area contributed by atoms with Gasteiger partial charge in [-0.15, -0.1) is 0 Å². The third-order valence-electron chi connectivity index (χ3n) is 7.71. The van der Waals surface area contributed by atoms with Gasteiger partial charge in [-0.3, -0.25) is 4.98 Å². The van der Waals surface area contributed by atoms with Crippen LogP contribution >= 0.6 is 23.2 Å². The largest absolute Gasteiger partial charge is 0.490 e. The number of anilines is 2. The fourth-order valence-electron chi connectivity index (χ4n) is 5.17. The summed E-state index contributed by atoms with van der Waals surface area (Å²) in [6.07, 6.45) is 4.47. The molecular weight excluding hydrogens is 587 g/mol. The molecule has 4 rings (SSSR count). The molecule has 0 bridgehead atoms. The van der Waals surface area contributed by atoms with E-state index in [-0.39, 0.29) is 5.41 Å². The predicted octanol–water partition coefficient (Wildman–Crippen LogP) is 7.84. The Morgan fingerprint density at radius 2 is 1.81 bits per heavy atom. The predicted molar refractivity (Wildman–Crippen MR) is 174 cm³/mol. The maximum Gasteiger partial charge on any atom is 0.337 e. The molecule has 1 saturated heterocycles. The Morgan fingerprint density at radius 1 is 1.12 bits per heavy atom. The molecule has 0 spiro atoms. The second-order valence-corrected chi connectivity index (χ2v) is 13.7. The van der Waals surface area contributed by atoms with Gasteiger partial charge in [0, 0.05) is 59.9 Å². The number of carboxylic acid groups (broad SMARTS) is 1. The SMILES string of the molecule is Cc1ncc(-c2ccc(N(C)CCOc3ccc(Cl)cc3Cl)nc2)c(N2CCC(C)(C)CC2)c1C(OC(C)(C)C)C(=O)O. The first-order valence-corrected chi connectivity index (χ1v) is 15.3. The molecule has 3 aromatic rings. The zero-order chi connectivity index (χ0) is 31.5. The summed E-state index contributed by atoms with van der Waals surface area (Å²) in [5, 5.41) is 11.4. The van der Waals surface area contributed by atoms with Crippen LogP contribution < -0.4 is 14.5 Å². The monoisotopic (exact) mass is 628 g/mol. The summed E-state index contributed by atoms with van der Waals surface area (Å²) in [4.78, 5) is 26.3. The molecule has 1 atom stereocenters. The summed E-state index contributed by atoms with van der Waals surface area (Å²) >= 11 is 12.2. The molecule has 0 saturated carbocycles. The number of rotatable bonds is 10. The highest BCUT2D eigenvalue weighted by Crippen LogP contribution is 2.43. The minimum Gasteiger partial charge on any atom is -0.490 e. The molecule has 0 radical (unpaired) electrons. The van der Waals surface area contributed by atoms with Gasteiger partial charge >= 0.3 is 5.97 Å². The highest BCUT2D eigenvalue weighted by Gasteiger charge is 2.35. The van der Waals surface area contributed by atoms with Crippen LogP contribution in [-0.4, -0.2) is 59.9 Å². The molecule has 1 N–H and O–H groups in total. The number of pyridine rings is 2. The van der Waals surface area contributed by atoms with E-state index in [0.717, 1.165) is 48.6 Å². The fraction of sp³-hybridized carbons (Fsp3) is 0.485. The Balaban J connectivity index is 1.64. The third-order valence-corrected chi connectivity index (χ3v) is 8.24. The normalized spacial score (nSPS) is 15.7. The van der Waals surface area contributed by atoms with Crippen LogP contribution in [0.15, 0.2) is 42.7 Å². The molecule has 1 aliphatic rings. The summed E-state index contributed by atoms with van der Waals surface area (Å²) in [5.41, 5.74) is 3.35. The van der Waals surface area contributed by atoms with Gasteiger partial charge in [-0.05, 0) is 76.3 Å². The number of aryl methyl sites for hydroxylation is 1. The van der Waals surface area contributed by atoms with Crippen molar-refractivity contribution in [3.63, 3.8) is 0 Å². The van der Waals surface area contributed by atoms with E-state index in [2.05, 4.69) is 23.7 Å². The number of aromatic nitrogens is 2. The highest BCUT2D eigenvalue weighted by molar-refractivity contribution is 6.35. The van der Waals surface area contributed by atoms with Gasteiger partial charge in [0.15, 0.2) is 6.10 Å². The lowest BCUT2D eigenvalue weighted by Gasteiger charge is -2.41. The Labute approximate surface area is 264 Å². The van der Waals surface area contributed by atoms with Gasteiger partial charge in [0.25, 0.3) is 0 Å². The van der Waals surface area contributed by atoms with Gasteiger partial charge in [0.05, 0.1) is 22.9 Å². The van der Waals surface area contributed by atoms with Crippen LogP contribution in [0.25, 0.3) is 11.1 Å². The summed E-state index contributed by atoms with van der Waals surface area (Å²) < 4.78 is 12.0. The van der Waals surface area contributed by atoms with Crippen LogP contribution in [0.3, 0.4) is 0 Å². The molecule has 3 heterocycles. The number of nitrogens with zero attached hydrogens (tertiary/aromatic N) is 4. The Morgan fingerprint density at radius 3 is 2.40 bits per heavy atom. The minimum atomic E-state index is -1.16. The van der Waals surface area contributed by atoms with Crippen molar-refractivity contribution in [1.82, 2.24) is 9.97 Å². The van der Waals surface area contributed by atoms with Crippen LogP contribution in [0, 0.1) is 12.3 Å². The van der Waals surface area contributed by atoms with Gasteiger partial charge in [0.1, 0.15) is 18.2 Å². The van der Waals surface area contributed by atoms with Crippen LogP contribution in [-0.2, 0) is 9.53 Å².